The third-order valence-corrected chi connectivity index (χ3v) is 0.736. The maximum absolute atomic E-state index is 12.1. The van der Waals surface area contributed by atoms with Gasteiger partial charge in [0, 0.05) is 0 Å². The number of hydrogen-bond donors (Lipinski definition) is 0. The van der Waals surface area contributed by atoms with Gasteiger partial charge in [-0.3, -0.25) is 0 Å². The minimum absolute atomic E-state index is 0.153. The van der Waals surface area contributed by atoms with Crippen LogP contribution in [-0.2, 0) is 4.74 Å². The molecule has 0 aliphatic carbocycles. The van der Waals surface area contributed by atoms with Crippen LogP contribution in [-0.4, -0.2) is 13.8 Å². The Morgan fingerprint density at radius 2 is 2.25 bits per heavy atom. The zero-order valence-electron chi connectivity index (χ0n) is 4.94. The van der Waals surface area contributed by atoms with Crippen molar-refractivity contribution in [3.63, 3.8) is 0 Å². The minimum Gasteiger partial charge on any atom is -0.497 e. The van der Waals surface area contributed by atoms with Gasteiger partial charge in [0.2, 0.25) is 5.95 Å². The van der Waals surface area contributed by atoms with Gasteiger partial charge < -0.3 is 4.74 Å². The van der Waals surface area contributed by atoms with Gasteiger partial charge in [-0.05, 0) is 13.6 Å². The molecule has 3 heteroatoms. The van der Waals surface area contributed by atoms with Crippen LogP contribution in [0, 0.1) is 0 Å². The lowest BCUT2D eigenvalue weighted by Gasteiger charge is -1.94. The van der Waals surface area contributed by atoms with Gasteiger partial charge in [0.15, 0.2) is 0 Å². The van der Waals surface area contributed by atoms with Crippen LogP contribution in [0.1, 0.15) is 6.92 Å². The highest BCUT2D eigenvalue weighted by atomic mass is 19.1. The van der Waals surface area contributed by atoms with E-state index in [-0.39, 0.29) is 5.76 Å². The van der Waals surface area contributed by atoms with Gasteiger partial charge in [0.25, 0.3) is 0 Å². The van der Waals surface area contributed by atoms with Crippen molar-refractivity contribution < 1.29 is 9.13 Å². The molecular weight excluding hydrogens is 109 g/mol. The number of hydrogen-bond acceptors (Lipinski definition) is 2. The van der Waals surface area contributed by atoms with E-state index in [1.165, 1.54) is 14.0 Å². The predicted molar refractivity (Wildman–Crippen MR) is 30.4 cm³/mol. The maximum Gasteiger partial charge on any atom is 0.249 e. The lowest BCUT2D eigenvalue weighted by Crippen LogP contribution is -1.80. The van der Waals surface area contributed by atoms with E-state index in [0.717, 1.165) is 0 Å². The largest absolute Gasteiger partial charge is 0.497 e. The van der Waals surface area contributed by atoms with Crippen LogP contribution in [0.25, 0.3) is 0 Å². The van der Waals surface area contributed by atoms with Crippen LogP contribution in [0.15, 0.2) is 16.7 Å². The molecule has 0 radical (unpaired) electrons. The van der Waals surface area contributed by atoms with Crippen molar-refractivity contribution in [2.24, 2.45) is 4.99 Å². The summed E-state index contributed by atoms with van der Waals surface area (Å²) in [4.78, 5) is 3.00. The fourth-order valence-corrected chi connectivity index (χ4v) is 0.196. The first kappa shape index (κ1) is 7.14. The second-order valence-corrected chi connectivity index (χ2v) is 1.21. The Morgan fingerprint density at radius 3 is 2.38 bits per heavy atom. The van der Waals surface area contributed by atoms with E-state index in [0.29, 0.717) is 0 Å². The Morgan fingerprint density at radius 1 is 1.75 bits per heavy atom. The van der Waals surface area contributed by atoms with E-state index in [9.17, 15) is 4.39 Å². The SMILES string of the molecule is C=N/C(F)=C(\C)OC. The molecule has 46 valence electrons. The Hall–Kier alpha value is -0.860. The Balaban J connectivity index is 4.03. The lowest BCUT2D eigenvalue weighted by molar-refractivity contribution is 0.276. The molecule has 0 heterocycles. The van der Waals surface area contributed by atoms with Crippen LogP contribution in [0.2, 0.25) is 0 Å². The van der Waals surface area contributed by atoms with Crippen LogP contribution in [0.3, 0.4) is 0 Å². The Labute approximate surface area is 47.7 Å². The molecule has 0 aromatic rings. The summed E-state index contributed by atoms with van der Waals surface area (Å²) in [7, 11) is 1.38. The number of nitrogens with zero attached hydrogens (tertiary/aromatic N) is 1. The summed E-state index contributed by atoms with van der Waals surface area (Å²) in [6, 6.07) is 0. The molecule has 0 atom stereocenters. The summed E-state index contributed by atoms with van der Waals surface area (Å²) in [5.41, 5.74) is 0. The zero-order valence-corrected chi connectivity index (χ0v) is 4.94. The summed E-state index contributed by atoms with van der Waals surface area (Å²) < 4.78 is 16.5. The van der Waals surface area contributed by atoms with Gasteiger partial charge in [-0.15, -0.1) is 0 Å². The molecule has 0 spiro atoms. The van der Waals surface area contributed by atoms with Gasteiger partial charge >= 0.3 is 0 Å². The number of halogens is 1. The minimum atomic E-state index is -0.660. The van der Waals surface area contributed by atoms with Crippen molar-refractivity contribution in [1.29, 1.82) is 0 Å². The van der Waals surface area contributed by atoms with Crippen molar-refractivity contribution in [3.05, 3.63) is 11.7 Å². The Bertz CT molecular complexity index is 120. The summed E-state index contributed by atoms with van der Waals surface area (Å²) >= 11 is 0. The van der Waals surface area contributed by atoms with Crippen molar-refractivity contribution in [1.82, 2.24) is 0 Å². The van der Waals surface area contributed by atoms with Crippen molar-refractivity contribution in [3.8, 4) is 0 Å². The second-order valence-electron chi connectivity index (χ2n) is 1.21. The summed E-state index contributed by atoms with van der Waals surface area (Å²) in [5, 5.41) is 0. The monoisotopic (exact) mass is 117 g/mol. The quantitative estimate of drug-likeness (QED) is 0.305. The molecular formula is C5H8FNO. The molecule has 0 aromatic heterocycles. The van der Waals surface area contributed by atoms with E-state index in [2.05, 4.69) is 16.4 Å². The first-order valence-corrected chi connectivity index (χ1v) is 2.09. The fourth-order valence-electron chi connectivity index (χ4n) is 0.196. The molecule has 0 aromatic carbocycles. The topological polar surface area (TPSA) is 21.6 Å². The number of methoxy groups -OCH3 is 1. The standard InChI is InChI=1S/C5H8FNO/c1-4(8-3)5(6)7-2/h2H2,1,3H3/b5-4+. The van der Waals surface area contributed by atoms with Crippen LogP contribution >= 0.6 is 0 Å². The van der Waals surface area contributed by atoms with Crippen molar-refractivity contribution in [2.75, 3.05) is 7.11 Å². The number of ether oxygens (including phenoxy) is 1. The van der Waals surface area contributed by atoms with Crippen LogP contribution < -0.4 is 0 Å². The molecule has 0 fully saturated rings. The van der Waals surface area contributed by atoms with E-state index in [1.54, 1.807) is 0 Å². The molecule has 0 unspecified atom stereocenters. The smallest absolute Gasteiger partial charge is 0.249 e. The van der Waals surface area contributed by atoms with Crippen molar-refractivity contribution >= 4 is 6.72 Å². The third-order valence-electron chi connectivity index (χ3n) is 0.736. The highest BCUT2D eigenvalue weighted by Gasteiger charge is 1.93. The average Bonchev–Trinajstić information content (AvgIpc) is 1.84. The van der Waals surface area contributed by atoms with E-state index in [1.807, 2.05) is 0 Å². The predicted octanol–water partition coefficient (Wildman–Crippen LogP) is 1.49. The first-order valence-electron chi connectivity index (χ1n) is 2.09. The number of aliphatic imine (C=N–C) groups is 1. The molecule has 0 rings (SSSR count). The van der Waals surface area contributed by atoms with Gasteiger partial charge in [-0.25, -0.2) is 4.99 Å². The molecule has 8 heavy (non-hydrogen) atoms. The Kier molecular flexibility index (Phi) is 2.84. The zero-order chi connectivity index (χ0) is 6.57. The van der Waals surface area contributed by atoms with E-state index >= 15 is 0 Å². The van der Waals surface area contributed by atoms with Gasteiger partial charge in [0.05, 0.1) is 7.11 Å². The maximum atomic E-state index is 12.1. The van der Waals surface area contributed by atoms with Crippen LogP contribution in [0.4, 0.5) is 4.39 Å². The van der Waals surface area contributed by atoms with Gasteiger partial charge in [0.1, 0.15) is 5.76 Å². The lowest BCUT2D eigenvalue weighted by atomic mass is 10.6. The second kappa shape index (κ2) is 3.18. The van der Waals surface area contributed by atoms with E-state index in [4.69, 9.17) is 0 Å². The molecule has 0 aliphatic rings. The highest BCUT2D eigenvalue weighted by Crippen LogP contribution is 2.04. The summed E-state index contributed by atoms with van der Waals surface area (Å²) in [5.74, 6) is -0.507. The van der Waals surface area contributed by atoms with Gasteiger partial charge in [-0.2, -0.15) is 4.39 Å². The average molecular weight is 117 g/mol. The van der Waals surface area contributed by atoms with E-state index < -0.39 is 5.95 Å². The normalized spacial score (nSPS) is 12.4. The molecule has 0 N–H and O–H groups in total. The van der Waals surface area contributed by atoms with Crippen molar-refractivity contribution in [2.45, 2.75) is 6.92 Å². The number of rotatable bonds is 2. The molecule has 2 nitrogen and oxygen atoms in total. The van der Waals surface area contributed by atoms with Crippen LogP contribution in [0.5, 0.6) is 0 Å². The highest BCUT2D eigenvalue weighted by molar-refractivity contribution is 5.27. The molecule has 0 saturated carbocycles. The third kappa shape index (κ3) is 1.73. The first-order chi connectivity index (χ1) is 3.72. The molecule has 0 saturated heterocycles. The molecule has 0 amide bonds. The number of allylic oxidation sites excluding steroid dienone is 1. The fraction of sp³-hybridized carbons (Fsp3) is 0.400. The molecule has 0 aliphatic heterocycles. The summed E-state index contributed by atoms with van der Waals surface area (Å²) in [6.45, 7) is 4.44. The molecule has 0 bridgehead atoms. The summed E-state index contributed by atoms with van der Waals surface area (Å²) in [6.07, 6.45) is 0. The van der Waals surface area contributed by atoms with Gasteiger partial charge in [-0.1, -0.05) is 0 Å².